The molecule has 1 aromatic rings. The number of nitrogens with zero attached hydrogens (tertiary/aromatic N) is 1. The molecular formula is C13H16N2O3. The molecule has 5 nitrogen and oxygen atoms in total. The smallest absolute Gasteiger partial charge is 0.338 e. The van der Waals surface area contributed by atoms with Crippen LogP contribution in [0.2, 0.25) is 0 Å². The van der Waals surface area contributed by atoms with E-state index in [1.165, 1.54) is 0 Å². The lowest BCUT2D eigenvalue weighted by Crippen LogP contribution is -2.46. The fourth-order valence-corrected chi connectivity index (χ4v) is 1.85. The van der Waals surface area contributed by atoms with E-state index in [-0.39, 0.29) is 11.9 Å². The summed E-state index contributed by atoms with van der Waals surface area (Å²) < 4.78 is 4.91. The highest BCUT2D eigenvalue weighted by Gasteiger charge is 2.16. The van der Waals surface area contributed by atoms with E-state index in [2.05, 4.69) is 5.43 Å². The zero-order valence-electron chi connectivity index (χ0n) is 10.3. The molecule has 1 heterocycles. The molecule has 1 aliphatic heterocycles. The van der Waals surface area contributed by atoms with Gasteiger partial charge >= 0.3 is 5.97 Å². The van der Waals surface area contributed by atoms with Crippen LogP contribution in [-0.4, -0.2) is 25.0 Å². The summed E-state index contributed by atoms with van der Waals surface area (Å²) in [5, 5.41) is 1.79. The molecule has 5 heteroatoms. The minimum Gasteiger partial charge on any atom is -0.462 e. The summed E-state index contributed by atoms with van der Waals surface area (Å²) in [6.45, 7) is 2.92. The zero-order valence-corrected chi connectivity index (χ0v) is 10.3. The second-order valence-corrected chi connectivity index (χ2v) is 4.06. The summed E-state index contributed by atoms with van der Waals surface area (Å²) in [5.41, 5.74) is 4.17. The minimum absolute atomic E-state index is 0.0238. The van der Waals surface area contributed by atoms with Crippen molar-refractivity contribution in [2.24, 2.45) is 0 Å². The summed E-state index contributed by atoms with van der Waals surface area (Å²) in [7, 11) is 0. The number of ether oxygens (including phenoxy) is 1. The van der Waals surface area contributed by atoms with E-state index in [1.54, 1.807) is 36.2 Å². The summed E-state index contributed by atoms with van der Waals surface area (Å²) >= 11 is 0. The van der Waals surface area contributed by atoms with Crippen molar-refractivity contribution in [3.8, 4) is 0 Å². The van der Waals surface area contributed by atoms with Gasteiger partial charge in [-0.2, -0.15) is 0 Å². The first-order valence-electron chi connectivity index (χ1n) is 6.05. The molecule has 0 bridgehead atoms. The van der Waals surface area contributed by atoms with Crippen molar-refractivity contribution in [2.75, 3.05) is 18.2 Å². The topological polar surface area (TPSA) is 58.6 Å². The van der Waals surface area contributed by atoms with E-state index >= 15 is 0 Å². The molecule has 0 unspecified atom stereocenters. The number of nitrogens with one attached hydrogen (secondary N) is 1. The molecule has 0 aliphatic carbocycles. The van der Waals surface area contributed by atoms with Crippen LogP contribution in [0.4, 0.5) is 5.69 Å². The Morgan fingerprint density at radius 2 is 2.11 bits per heavy atom. The maximum Gasteiger partial charge on any atom is 0.338 e. The molecule has 1 saturated heterocycles. The summed E-state index contributed by atoms with van der Waals surface area (Å²) in [6.07, 6.45) is 1.41. The molecule has 1 aromatic carbocycles. The van der Waals surface area contributed by atoms with Gasteiger partial charge in [0.1, 0.15) is 0 Å². The van der Waals surface area contributed by atoms with Gasteiger partial charge in [-0.3, -0.25) is 15.2 Å². The number of benzene rings is 1. The van der Waals surface area contributed by atoms with E-state index in [0.29, 0.717) is 18.6 Å². The van der Waals surface area contributed by atoms with Gasteiger partial charge in [-0.15, -0.1) is 0 Å². The van der Waals surface area contributed by atoms with E-state index in [9.17, 15) is 9.59 Å². The van der Waals surface area contributed by atoms with Gasteiger partial charge < -0.3 is 4.74 Å². The van der Waals surface area contributed by atoms with Gasteiger partial charge in [0.05, 0.1) is 17.9 Å². The van der Waals surface area contributed by atoms with E-state index in [4.69, 9.17) is 4.74 Å². The lowest BCUT2D eigenvalue weighted by Gasteiger charge is -2.29. The number of hydrazine groups is 1. The lowest BCUT2D eigenvalue weighted by molar-refractivity contribution is -0.122. The molecule has 96 valence electrons. The molecule has 2 rings (SSSR count). The molecule has 0 saturated carbocycles. The van der Waals surface area contributed by atoms with Gasteiger partial charge in [-0.05, 0) is 37.6 Å². The van der Waals surface area contributed by atoms with Crippen LogP contribution in [0.1, 0.15) is 30.1 Å². The number of anilines is 1. The molecule has 0 aromatic heterocycles. The van der Waals surface area contributed by atoms with E-state index < -0.39 is 0 Å². The molecule has 0 radical (unpaired) electrons. The number of amides is 1. The molecular weight excluding hydrogens is 232 g/mol. The molecule has 1 amide bonds. The lowest BCUT2D eigenvalue weighted by atomic mass is 10.2. The third-order valence-electron chi connectivity index (χ3n) is 2.74. The third-order valence-corrected chi connectivity index (χ3v) is 2.74. The highest BCUT2D eigenvalue weighted by Crippen LogP contribution is 2.17. The Bertz CT molecular complexity index is 442. The fraction of sp³-hybridized carbons (Fsp3) is 0.385. The van der Waals surface area contributed by atoms with Crippen molar-refractivity contribution in [1.82, 2.24) is 5.43 Å². The summed E-state index contributed by atoms with van der Waals surface area (Å²) in [6, 6.07) is 7.01. The van der Waals surface area contributed by atoms with E-state index in [1.807, 2.05) is 0 Å². The van der Waals surface area contributed by atoms with Gasteiger partial charge in [0.2, 0.25) is 5.91 Å². The van der Waals surface area contributed by atoms with Crippen molar-refractivity contribution < 1.29 is 14.3 Å². The first-order valence-corrected chi connectivity index (χ1v) is 6.05. The van der Waals surface area contributed by atoms with E-state index in [0.717, 1.165) is 18.7 Å². The monoisotopic (exact) mass is 248 g/mol. The molecule has 0 atom stereocenters. The van der Waals surface area contributed by atoms with Crippen LogP contribution in [0.5, 0.6) is 0 Å². The van der Waals surface area contributed by atoms with Crippen molar-refractivity contribution >= 4 is 17.6 Å². The number of hydrogen-bond donors (Lipinski definition) is 1. The number of carbonyl (C=O) groups is 2. The Balaban J connectivity index is 2.07. The van der Waals surface area contributed by atoms with Crippen molar-refractivity contribution in [1.29, 1.82) is 0 Å². The first-order chi connectivity index (χ1) is 8.70. The Morgan fingerprint density at radius 3 is 2.72 bits per heavy atom. The van der Waals surface area contributed by atoms with Gasteiger partial charge in [0.15, 0.2) is 0 Å². The maximum absolute atomic E-state index is 11.5. The Kier molecular flexibility index (Phi) is 3.82. The van der Waals surface area contributed by atoms with Crippen LogP contribution >= 0.6 is 0 Å². The number of hydrogen-bond acceptors (Lipinski definition) is 4. The summed E-state index contributed by atoms with van der Waals surface area (Å²) in [5.74, 6) is -0.303. The Labute approximate surface area is 106 Å². The van der Waals surface area contributed by atoms with Crippen molar-refractivity contribution in [3.05, 3.63) is 29.8 Å². The normalized spacial score (nSPS) is 15.2. The molecule has 18 heavy (non-hydrogen) atoms. The van der Waals surface area contributed by atoms with Crippen molar-refractivity contribution in [2.45, 2.75) is 19.8 Å². The van der Waals surface area contributed by atoms with Gasteiger partial charge in [-0.25, -0.2) is 4.79 Å². The van der Waals surface area contributed by atoms with Crippen LogP contribution in [-0.2, 0) is 9.53 Å². The van der Waals surface area contributed by atoms with Gasteiger partial charge in [0.25, 0.3) is 0 Å². The first kappa shape index (κ1) is 12.4. The van der Waals surface area contributed by atoms with Crippen LogP contribution in [0.25, 0.3) is 0 Å². The van der Waals surface area contributed by atoms with Crippen LogP contribution in [0.15, 0.2) is 24.3 Å². The predicted molar refractivity (Wildman–Crippen MR) is 67.1 cm³/mol. The van der Waals surface area contributed by atoms with Crippen LogP contribution in [0, 0.1) is 0 Å². The van der Waals surface area contributed by atoms with Gasteiger partial charge in [-0.1, -0.05) is 0 Å². The zero-order chi connectivity index (χ0) is 13.0. The van der Waals surface area contributed by atoms with Crippen molar-refractivity contribution in [3.63, 3.8) is 0 Å². The molecule has 0 spiro atoms. The SMILES string of the molecule is CCOC(=O)c1ccc(N2CCCC(=O)N2)cc1. The maximum atomic E-state index is 11.5. The fourth-order valence-electron chi connectivity index (χ4n) is 1.85. The number of esters is 1. The quantitative estimate of drug-likeness (QED) is 0.823. The minimum atomic E-state index is -0.327. The third kappa shape index (κ3) is 2.80. The van der Waals surface area contributed by atoms with Gasteiger partial charge in [0, 0.05) is 13.0 Å². The summed E-state index contributed by atoms with van der Waals surface area (Å²) in [4.78, 5) is 22.8. The second-order valence-electron chi connectivity index (χ2n) is 4.06. The molecule has 1 N–H and O–H groups in total. The Hall–Kier alpha value is -2.04. The second kappa shape index (κ2) is 5.53. The predicted octanol–water partition coefficient (Wildman–Crippen LogP) is 1.49. The average Bonchev–Trinajstić information content (AvgIpc) is 2.39. The number of carbonyl (C=O) groups excluding carboxylic acids is 2. The Morgan fingerprint density at radius 1 is 1.39 bits per heavy atom. The average molecular weight is 248 g/mol. The highest BCUT2D eigenvalue weighted by atomic mass is 16.5. The standard InChI is InChI=1S/C13H16N2O3/c1-2-18-13(17)10-5-7-11(8-6-10)15-9-3-4-12(16)14-15/h5-8H,2-4,9H2,1H3,(H,14,16). The number of rotatable bonds is 3. The molecule has 1 fully saturated rings. The highest BCUT2D eigenvalue weighted by molar-refractivity contribution is 5.90. The van der Waals surface area contributed by atoms with Crippen LogP contribution in [0.3, 0.4) is 0 Å². The largest absolute Gasteiger partial charge is 0.462 e. The van der Waals surface area contributed by atoms with Crippen LogP contribution < -0.4 is 10.4 Å². The molecule has 1 aliphatic rings.